The zero-order valence-electron chi connectivity index (χ0n) is 14.4. The first-order valence-electron chi connectivity index (χ1n) is 8.09. The predicted molar refractivity (Wildman–Crippen MR) is 91.0 cm³/mol. The number of nitrogens with one attached hydrogen (secondary N) is 2. The molecule has 1 aromatic heterocycles. The Morgan fingerprint density at radius 3 is 2.05 bits per heavy atom. The lowest BCUT2D eigenvalue weighted by Gasteiger charge is -2.30. The van der Waals surface area contributed by atoms with Gasteiger partial charge in [-0.05, 0) is 34.6 Å². The molecule has 5 nitrogen and oxygen atoms in total. The second-order valence-corrected chi connectivity index (χ2v) is 5.79. The van der Waals surface area contributed by atoms with Crippen LogP contribution in [0.15, 0.2) is 6.07 Å². The van der Waals surface area contributed by atoms with Crippen molar-refractivity contribution in [2.45, 2.75) is 60.0 Å². The normalized spacial score (nSPS) is 11.5. The third-order valence-electron chi connectivity index (χ3n) is 3.45. The molecule has 0 fully saturated rings. The molecule has 0 saturated heterocycles. The van der Waals surface area contributed by atoms with E-state index in [2.05, 4.69) is 67.0 Å². The van der Waals surface area contributed by atoms with Gasteiger partial charge >= 0.3 is 0 Å². The zero-order valence-corrected chi connectivity index (χ0v) is 14.4. The van der Waals surface area contributed by atoms with E-state index in [0.717, 1.165) is 43.5 Å². The lowest BCUT2D eigenvalue weighted by atomic mass is 10.2. The largest absolute Gasteiger partial charge is 0.370 e. The average Bonchev–Trinajstić information content (AvgIpc) is 2.42. The fraction of sp³-hybridized carbons (Fsp3) is 0.750. The predicted octanol–water partition coefficient (Wildman–Crippen LogP) is 3.00. The molecule has 0 bridgehead atoms. The van der Waals surface area contributed by atoms with E-state index >= 15 is 0 Å². The van der Waals surface area contributed by atoms with Crippen LogP contribution in [0.4, 0.5) is 11.6 Å². The van der Waals surface area contributed by atoms with Gasteiger partial charge in [-0.2, -0.15) is 0 Å². The minimum absolute atomic E-state index is 0.556. The molecule has 0 aromatic carbocycles. The van der Waals surface area contributed by atoms with Crippen LogP contribution < -0.4 is 10.6 Å². The van der Waals surface area contributed by atoms with E-state index in [1.807, 2.05) is 6.07 Å². The molecule has 0 amide bonds. The summed E-state index contributed by atoms with van der Waals surface area (Å²) < 4.78 is 0. The fourth-order valence-electron chi connectivity index (χ4n) is 2.44. The molecule has 120 valence electrons. The number of hydrogen-bond acceptors (Lipinski definition) is 5. The van der Waals surface area contributed by atoms with Gasteiger partial charge in [-0.3, -0.25) is 4.90 Å². The van der Waals surface area contributed by atoms with Crippen LogP contribution in [0.3, 0.4) is 0 Å². The summed E-state index contributed by atoms with van der Waals surface area (Å²) in [4.78, 5) is 11.5. The maximum absolute atomic E-state index is 4.54. The summed E-state index contributed by atoms with van der Waals surface area (Å²) in [6.45, 7) is 15.9. The Morgan fingerprint density at radius 2 is 1.57 bits per heavy atom. The van der Waals surface area contributed by atoms with E-state index in [1.54, 1.807) is 0 Å². The molecule has 1 rings (SSSR count). The Kier molecular flexibility index (Phi) is 7.43. The maximum atomic E-state index is 4.54. The van der Waals surface area contributed by atoms with Gasteiger partial charge in [-0.15, -0.1) is 0 Å². The highest BCUT2D eigenvalue weighted by atomic mass is 15.2. The minimum Gasteiger partial charge on any atom is -0.370 e. The first-order valence-corrected chi connectivity index (χ1v) is 8.09. The van der Waals surface area contributed by atoms with Crippen molar-refractivity contribution in [3.8, 4) is 0 Å². The summed E-state index contributed by atoms with van der Waals surface area (Å²) >= 11 is 0. The molecule has 21 heavy (non-hydrogen) atoms. The molecule has 0 atom stereocenters. The van der Waals surface area contributed by atoms with Crippen LogP contribution in [-0.4, -0.2) is 46.6 Å². The van der Waals surface area contributed by atoms with Crippen molar-refractivity contribution in [1.29, 1.82) is 0 Å². The highest BCUT2D eigenvalue weighted by molar-refractivity contribution is 5.47. The van der Waals surface area contributed by atoms with Gasteiger partial charge in [-0.25, -0.2) is 9.97 Å². The van der Waals surface area contributed by atoms with Crippen LogP contribution in [0.5, 0.6) is 0 Å². The van der Waals surface area contributed by atoms with Gasteiger partial charge in [0.25, 0.3) is 0 Å². The van der Waals surface area contributed by atoms with Crippen LogP contribution in [0.25, 0.3) is 0 Å². The summed E-state index contributed by atoms with van der Waals surface area (Å²) in [6.07, 6.45) is 0.845. The molecule has 0 saturated carbocycles. The lowest BCUT2D eigenvalue weighted by Crippen LogP contribution is -2.40. The highest BCUT2D eigenvalue weighted by Gasteiger charge is 2.12. The molecule has 0 radical (unpaired) electrons. The van der Waals surface area contributed by atoms with Gasteiger partial charge in [0.05, 0.1) is 0 Å². The maximum Gasteiger partial charge on any atom is 0.132 e. The van der Waals surface area contributed by atoms with Crippen LogP contribution in [-0.2, 0) is 6.42 Å². The molecule has 0 aliphatic heterocycles. The first kappa shape index (κ1) is 17.7. The summed E-state index contributed by atoms with van der Waals surface area (Å²) in [5, 5.41) is 6.68. The van der Waals surface area contributed by atoms with E-state index in [9.17, 15) is 0 Å². The van der Waals surface area contributed by atoms with Gasteiger partial charge in [0.15, 0.2) is 0 Å². The Morgan fingerprint density at radius 1 is 1.00 bits per heavy atom. The zero-order chi connectivity index (χ0) is 15.8. The molecular weight excluding hydrogens is 262 g/mol. The Balaban J connectivity index is 2.63. The Hall–Kier alpha value is -1.36. The highest BCUT2D eigenvalue weighted by Crippen LogP contribution is 2.12. The fourth-order valence-corrected chi connectivity index (χ4v) is 2.44. The van der Waals surface area contributed by atoms with E-state index in [4.69, 9.17) is 0 Å². The minimum atomic E-state index is 0.556. The van der Waals surface area contributed by atoms with Crippen molar-refractivity contribution in [3.63, 3.8) is 0 Å². The van der Waals surface area contributed by atoms with Crippen molar-refractivity contribution < 1.29 is 0 Å². The molecule has 0 unspecified atom stereocenters. The number of rotatable bonds is 9. The summed E-state index contributed by atoms with van der Waals surface area (Å²) in [6, 6.07) is 3.10. The summed E-state index contributed by atoms with van der Waals surface area (Å²) in [5.41, 5.74) is 0. The third kappa shape index (κ3) is 5.87. The van der Waals surface area contributed by atoms with Gasteiger partial charge in [-0.1, -0.05) is 6.92 Å². The topological polar surface area (TPSA) is 53.1 Å². The number of nitrogens with zero attached hydrogens (tertiary/aromatic N) is 3. The van der Waals surface area contributed by atoms with E-state index < -0.39 is 0 Å². The smallest absolute Gasteiger partial charge is 0.132 e. The Labute approximate surface area is 129 Å². The van der Waals surface area contributed by atoms with Crippen LogP contribution >= 0.6 is 0 Å². The third-order valence-corrected chi connectivity index (χ3v) is 3.45. The number of aryl methyl sites for hydroxylation is 1. The van der Waals surface area contributed by atoms with Crippen molar-refractivity contribution in [1.82, 2.24) is 14.9 Å². The monoisotopic (exact) mass is 293 g/mol. The molecule has 0 aliphatic carbocycles. The number of hydrogen-bond donors (Lipinski definition) is 2. The van der Waals surface area contributed by atoms with Crippen molar-refractivity contribution >= 4 is 11.6 Å². The SMILES string of the molecule is CCNc1cc(NCCN(C(C)C)C(C)C)nc(CC)n1. The first-order chi connectivity index (χ1) is 9.97. The van der Waals surface area contributed by atoms with Gasteiger partial charge in [0, 0.05) is 44.2 Å². The van der Waals surface area contributed by atoms with Crippen molar-refractivity contribution in [2.75, 3.05) is 30.3 Å². The molecule has 0 aliphatic rings. The quantitative estimate of drug-likeness (QED) is 0.733. The molecule has 0 spiro atoms. The second kappa shape index (κ2) is 8.82. The lowest BCUT2D eigenvalue weighted by molar-refractivity contribution is 0.182. The standard InChI is InChI=1S/C16H31N5/c1-7-14-19-15(17-8-2)11-16(20-14)18-9-10-21(12(3)4)13(5)6/h11-13H,7-10H2,1-6H3,(H2,17,18,19,20). The molecular formula is C16H31N5. The van der Waals surface area contributed by atoms with Crippen LogP contribution in [0, 0.1) is 0 Å². The van der Waals surface area contributed by atoms with Crippen LogP contribution in [0.2, 0.25) is 0 Å². The molecule has 2 N–H and O–H groups in total. The average molecular weight is 293 g/mol. The van der Waals surface area contributed by atoms with Gasteiger partial charge in [0.2, 0.25) is 0 Å². The second-order valence-electron chi connectivity index (χ2n) is 5.79. The van der Waals surface area contributed by atoms with Crippen molar-refractivity contribution in [2.24, 2.45) is 0 Å². The van der Waals surface area contributed by atoms with Crippen LogP contribution in [0.1, 0.15) is 47.4 Å². The van der Waals surface area contributed by atoms with E-state index in [1.165, 1.54) is 0 Å². The molecule has 5 heteroatoms. The number of aromatic nitrogens is 2. The molecule has 1 heterocycles. The van der Waals surface area contributed by atoms with Gasteiger partial charge < -0.3 is 10.6 Å². The van der Waals surface area contributed by atoms with Gasteiger partial charge in [0.1, 0.15) is 17.5 Å². The van der Waals surface area contributed by atoms with E-state index in [0.29, 0.717) is 12.1 Å². The number of anilines is 2. The summed E-state index contributed by atoms with van der Waals surface area (Å²) in [5.74, 6) is 2.68. The Bertz CT molecular complexity index is 409. The van der Waals surface area contributed by atoms with E-state index in [-0.39, 0.29) is 0 Å². The molecule has 1 aromatic rings. The van der Waals surface area contributed by atoms with Crippen molar-refractivity contribution in [3.05, 3.63) is 11.9 Å². The summed E-state index contributed by atoms with van der Waals surface area (Å²) in [7, 11) is 0.